The normalized spacial score (nSPS) is 13.3. The van der Waals surface area contributed by atoms with Crippen LogP contribution in [0.4, 0.5) is 13.2 Å². The molecule has 1 rings (SSSR count). The van der Waals surface area contributed by atoms with Crippen molar-refractivity contribution in [2.45, 2.75) is 18.7 Å². The third-order valence-corrected chi connectivity index (χ3v) is 1.91. The van der Waals surface area contributed by atoms with E-state index in [1.54, 1.807) is 0 Å². The first-order valence-corrected chi connectivity index (χ1v) is 4.77. The van der Waals surface area contributed by atoms with Gasteiger partial charge in [0.15, 0.2) is 5.78 Å². The minimum Gasteiger partial charge on any atom is -0.406 e. The lowest BCUT2D eigenvalue weighted by Gasteiger charge is -2.10. The van der Waals surface area contributed by atoms with Crippen LogP contribution in [0.25, 0.3) is 0 Å². The summed E-state index contributed by atoms with van der Waals surface area (Å²) in [5.41, 5.74) is 0.0873. The Morgan fingerprint density at radius 3 is 2.56 bits per heavy atom. The van der Waals surface area contributed by atoms with Crippen LogP contribution in [0.5, 0.6) is 5.75 Å². The van der Waals surface area contributed by atoms with Crippen LogP contribution in [0.3, 0.4) is 0 Å². The molecule has 6 heteroatoms. The van der Waals surface area contributed by atoms with Crippen LogP contribution < -0.4 is 4.74 Å². The fourth-order valence-corrected chi connectivity index (χ4v) is 1.20. The van der Waals surface area contributed by atoms with E-state index in [9.17, 15) is 18.0 Å². The van der Waals surface area contributed by atoms with Crippen molar-refractivity contribution in [1.29, 1.82) is 0 Å². The number of carbonyl (C=O) groups is 1. The van der Waals surface area contributed by atoms with E-state index >= 15 is 0 Å². The summed E-state index contributed by atoms with van der Waals surface area (Å²) in [4.78, 5) is 11.4. The summed E-state index contributed by atoms with van der Waals surface area (Å²) in [6.07, 6.45) is -4.77. The summed E-state index contributed by atoms with van der Waals surface area (Å²) in [5, 5.41) is -0.791. The molecule has 1 atom stereocenters. The van der Waals surface area contributed by atoms with Gasteiger partial charge in [0.05, 0.1) is 5.38 Å². The van der Waals surface area contributed by atoms with Crippen molar-refractivity contribution in [3.8, 4) is 5.75 Å². The summed E-state index contributed by atoms with van der Waals surface area (Å²) in [7, 11) is 0. The van der Waals surface area contributed by atoms with Gasteiger partial charge in [0.1, 0.15) is 5.75 Å². The molecule has 0 aliphatic carbocycles. The van der Waals surface area contributed by atoms with Gasteiger partial charge in [-0.05, 0) is 19.1 Å². The van der Waals surface area contributed by atoms with Crippen molar-refractivity contribution in [3.05, 3.63) is 29.8 Å². The van der Waals surface area contributed by atoms with Crippen LogP contribution in [0.15, 0.2) is 24.3 Å². The summed E-state index contributed by atoms with van der Waals surface area (Å²) in [6, 6.07) is 4.80. The Bertz CT molecular complexity index is 388. The minimum atomic E-state index is -4.77. The number of halogens is 4. The quantitative estimate of drug-likeness (QED) is 0.609. The van der Waals surface area contributed by atoms with E-state index in [0.717, 1.165) is 12.1 Å². The Kier molecular flexibility index (Phi) is 3.80. The molecule has 0 aliphatic heterocycles. The summed E-state index contributed by atoms with van der Waals surface area (Å²) in [6.45, 7) is 1.45. The van der Waals surface area contributed by atoms with Gasteiger partial charge in [-0.2, -0.15) is 0 Å². The average Bonchev–Trinajstić information content (AvgIpc) is 2.14. The van der Waals surface area contributed by atoms with Gasteiger partial charge in [0.25, 0.3) is 0 Å². The molecule has 88 valence electrons. The molecule has 0 aliphatic rings. The average molecular weight is 253 g/mol. The summed E-state index contributed by atoms with van der Waals surface area (Å²) < 4.78 is 39.4. The molecule has 0 saturated carbocycles. The van der Waals surface area contributed by atoms with E-state index in [1.165, 1.54) is 19.1 Å². The maximum atomic E-state index is 11.9. The predicted molar refractivity (Wildman–Crippen MR) is 52.8 cm³/mol. The predicted octanol–water partition coefficient (Wildman–Crippen LogP) is 3.40. The van der Waals surface area contributed by atoms with Crippen molar-refractivity contribution < 1.29 is 22.7 Å². The highest BCUT2D eigenvalue weighted by atomic mass is 35.5. The van der Waals surface area contributed by atoms with Gasteiger partial charge in [-0.15, -0.1) is 24.8 Å². The first-order valence-electron chi connectivity index (χ1n) is 4.33. The summed E-state index contributed by atoms with van der Waals surface area (Å²) >= 11 is 5.54. The molecule has 0 radical (unpaired) electrons. The molecule has 0 aromatic heterocycles. The third kappa shape index (κ3) is 3.73. The van der Waals surface area contributed by atoms with Crippen molar-refractivity contribution in [2.24, 2.45) is 0 Å². The first kappa shape index (κ1) is 12.8. The van der Waals surface area contributed by atoms with Crippen LogP contribution in [0.2, 0.25) is 0 Å². The lowest BCUT2D eigenvalue weighted by atomic mass is 10.1. The van der Waals surface area contributed by atoms with Gasteiger partial charge >= 0.3 is 6.36 Å². The minimum absolute atomic E-state index is 0.0873. The highest BCUT2D eigenvalue weighted by Gasteiger charge is 2.31. The molecule has 1 aromatic carbocycles. The molecule has 1 aromatic rings. The van der Waals surface area contributed by atoms with Gasteiger partial charge in [-0.1, -0.05) is 12.1 Å². The van der Waals surface area contributed by atoms with Crippen molar-refractivity contribution in [3.63, 3.8) is 0 Å². The van der Waals surface area contributed by atoms with Crippen LogP contribution in [-0.4, -0.2) is 17.5 Å². The number of benzene rings is 1. The molecular weight excluding hydrogens is 245 g/mol. The van der Waals surface area contributed by atoms with Crippen molar-refractivity contribution >= 4 is 17.4 Å². The van der Waals surface area contributed by atoms with Gasteiger partial charge < -0.3 is 4.74 Å². The van der Waals surface area contributed by atoms with E-state index in [4.69, 9.17) is 11.6 Å². The molecule has 0 amide bonds. The molecule has 0 fully saturated rings. The lowest BCUT2D eigenvalue weighted by molar-refractivity contribution is -0.274. The van der Waals surface area contributed by atoms with E-state index in [0.29, 0.717) is 0 Å². The second-order valence-electron chi connectivity index (χ2n) is 3.06. The Morgan fingerprint density at radius 1 is 1.44 bits per heavy atom. The fraction of sp³-hybridized carbons (Fsp3) is 0.300. The number of ether oxygens (including phenoxy) is 1. The monoisotopic (exact) mass is 252 g/mol. The highest BCUT2D eigenvalue weighted by Crippen LogP contribution is 2.24. The molecule has 1 unspecified atom stereocenters. The first-order chi connectivity index (χ1) is 7.29. The molecule has 0 heterocycles. The SMILES string of the molecule is CC(Cl)C(=O)c1cccc(OC(F)(F)F)c1. The topological polar surface area (TPSA) is 26.3 Å². The van der Waals surface area contributed by atoms with Crippen LogP contribution >= 0.6 is 11.6 Å². The number of alkyl halides is 4. The molecule has 16 heavy (non-hydrogen) atoms. The Hall–Kier alpha value is -1.23. The second kappa shape index (κ2) is 4.74. The molecular formula is C10H8ClF3O2. The summed E-state index contributed by atoms with van der Waals surface area (Å²) in [5.74, 6) is -0.884. The lowest BCUT2D eigenvalue weighted by Crippen LogP contribution is -2.17. The molecule has 0 N–H and O–H groups in total. The smallest absolute Gasteiger partial charge is 0.406 e. The molecule has 2 nitrogen and oxygen atoms in total. The number of hydrogen-bond acceptors (Lipinski definition) is 2. The van der Waals surface area contributed by atoms with Crippen LogP contribution in [0, 0.1) is 0 Å². The van der Waals surface area contributed by atoms with Gasteiger partial charge in [-0.25, -0.2) is 0 Å². The van der Waals surface area contributed by atoms with Gasteiger partial charge in [0.2, 0.25) is 0 Å². The van der Waals surface area contributed by atoms with Crippen LogP contribution in [-0.2, 0) is 0 Å². The fourth-order valence-electron chi connectivity index (χ4n) is 1.08. The Labute approximate surface area is 95.0 Å². The van der Waals surface area contributed by atoms with E-state index < -0.39 is 23.3 Å². The zero-order chi connectivity index (χ0) is 12.3. The number of carbonyl (C=O) groups excluding carboxylic acids is 1. The van der Waals surface area contributed by atoms with E-state index in [2.05, 4.69) is 4.74 Å². The van der Waals surface area contributed by atoms with Gasteiger partial charge in [-0.3, -0.25) is 4.79 Å². The molecule has 0 spiro atoms. The molecule has 0 bridgehead atoms. The van der Waals surface area contributed by atoms with E-state index in [1.807, 2.05) is 0 Å². The molecule has 0 saturated heterocycles. The van der Waals surface area contributed by atoms with E-state index in [-0.39, 0.29) is 5.56 Å². The second-order valence-corrected chi connectivity index (χ2v) is 3.71. The maximum Gasteiger partial charge on any atom is 0.573 e. The van der Waals surface area contributed by atoms with Crippen molar-refractivity contribution in [2.75, 3.05) is 0 Å². The third-order valence-electron chi connectivity index (χ3n) is 1.71. The van der Waals surface area contributed by atoms with Crippen molar-refractivity contribution in [1.82, 2.24) is 0 Å². The Balaban J connectivity index is 2.91. The maximum absolute atomic E-state index is 11.9. The zero-order valence-corrected chi connectivity index (χ0v) is 8.97. The van der Waals surface area contributed by atoms with Gasteiger partial charge in [0, 0.05) is 5.56 Å². The largest absolute Gasteiger partial charge is 0.573 e. The highest BCUT2D eigenvalue weighted by molar-refractivity contribution is 6.33. The number of rotatable bonds is 3. The standard InChI is InChI=1S/C10H8ClF3O2/c1-6(11)9(15)7-3-2-4-8(5-7)16-10(12,13)14/h2-6H,1H3. The number of hydrogen-bond donors (Lipinski definition) is 0. The number of Topliss-reactive ketones (excluding diaryl/α,β-unsaturated/α-hetero) is 1. The number of ketones is 1. The van der Waals surface area contributed by atoms with Crippen LogP contribution in [0.1, 0.15) is 17.3 Å². The zero-order valence-electron chi connectivity index (χ0n) is 8.22. The Morgan fingerprint density at radius 2 is 2.06 bits per heavy atom.